The molecule has 2 atom stereocenters. The molecule has 0 spiro atoms. The lowest BCUT2D eigenvalue weighted by molar-refractivity contribution is -0.137. The summed E-state index contributed by atoms with van der Waals surface area (Å²) in [5, 5.41) is 3.25. The number of nitrogens with one attached hydrogen (secondary N) is 2. The molecule has 1 aliphatic rings. The Morgan fingerprint density at radius 2 is 1.67 bits per heavy atom. The van der Waals surface area contributed by atoms with Crippen LogP contribution in [0.5, 0.6) is 0 Å². The van der Waals surface area contributed by atoms with Crippen molar-refractivity contribution in [2.24, 2.45) is 18.4 Å². The van der Waals surface area contributed by atoms with E-state index in [4.69, 9.17) is 11.6 Å². The maximum absolute atomic E-state index is 13.7. The number of carbonyl (C=O) groups is 3. The van der Waals surface area contributed by atoms with Gasteiger partial charge in [0.2, 0.25) is 5.91 Å². The van der Waals surface area contributed by atoms with Gasteiger partial charge in [-0.15, -0.1) is 0 Å². The lowest BCUT2D eigenvalue weighted by atomic mass is 9.70. The van der Waals surface area contributed by atoms with Gasteiger partial charge < -0.3 is 14.8 Å². The minimum atomic E-state index is -4.22. The van der Waals surface area contributed by atoms with Crippen molar-refractivity contribution in [1.82, 2.24) is 24.5 Å². The topological polar surface area (TPSA) is 130 Å². The molecule has 3 amide bonds. The smallest absolute Gasteiger partial charge is 0.283 e. The molecule has 2 heterocycles. The second-order valence-electron chi connectivity index (χ2n) is 12.1. The van der Waals surface area contributed by atoms with Gasteiger partial charge in [0, 0.05) is 42.5 Å². The van der Waals surface area contributed by atoms with Crippen LogP contribution >= 0.6 is 11.6 Å². The van der Waals surface area contributed by atoms with Crippen molar-refractivity contribution >= 4 is 39.3 Å². The van der Waals surface area contributed by atoms with E-state index in [1.54, 1.807) is 14.0 Å². The Morgan fingerprint density at radius 1 is 1.05 bits per heavy atom. The zero-order chi connectivity index (χ0) is 31.7. The molecule has 10 nitrogen and oxygen atoms in total. The monoisotopic (exact) mass is 627 g/mol. The van der Waals surface area contributed by atoms with Gasteiger partial charge in [-0.2, -0.15) is 8.42 Å². The van der Waals surface area contributed by atoms with Crippen molar-refractivity contribution in [3.8, 4) is 0 Å². The van der Waals surface area contributed by atoms with Gasteiger partial charge in [-0.05, 0) is 66.5 Å². The van der Waals surface area contributed by atoms with Gasteiger partial charge in [-0.3, -0.25) is 14.4 Å². The summed E-state index contributed by atoms with van der Waals surface area (Å²) in [7, 11) is -2.57. The second-order valence-corrected chi connectivity index (χ2v) is 14.2. The molecular formula is C31H38ClN5O5S. The average Bonchev–Trinajstić information content (AvgIpc) is 3.29. The zero-order valence-corrected chi connectivity index (χ0v) is 26.8. The number of halogens is 1. The minimum absolute atomic E-state index is 0.0256. The summed E-state index contributed by atoms with van der Waals surface area (Å²) in [6, 6.07) is 12.7. The van der Waals surface area contributed by atoms with Gasteiger partial charge in [-0.25, -0.2) is 9.71 Å². The summed E-state index contributed by atoms with van der Waals surface area (Å²) in [5.74, 6) is -1.10. The molecule has 0 aliphatic carbocycles. The number of aromatic nitrogens is 2. The number of aryl methyl sites for hydroxylation is 2. The lowest BCUT2D eigenvalue weighted by Crippen LogP contribution is -2.55. The Labute approximate surface area is 257 Å². The predicted molar refractivity (Wildman–Crippen MR) is 164 cm³/mol. The summed E-state index contributed by atoms with van der Waals surface area (Å²) >= 11 is 6.08. The molecule has 0 unspecified atom stereocenters. The Morgan fingerprint density at radius 3 is 2.23 bits per heavy atom. The van der Waals surface area contributed by atoms with Crippen molar-refractivity contribution in [2.75, 3.05) is 13.1 Å². The van der Waals surface area contributed by atoms with Crippen molar-refractivity contribution in [3.63, 3.8) is 0 Å². The van der Waals surface area contributed by atoms with E-state index in [0.717, 1.165) is 6.42 Å². The maximum Gasteiger partial charge on any atom is 0.283 e. The van der Waals surface area contributed by atoms with E-state index in [1.807, 2.05) is 47.7 Å². The first-order valence-electron chi connectivity index (χ1n) is 14.1. The van der Waals surface area contributed by atoms with Crippen LogP contribution in [0.4, 0.5) is 0 Å². The van der Waals surface area contributed by atoms with Gasteiger partial charge in [0.05, 0.1) is 0 Å². The number of hydrogen-bond acceptors (Lipinski definition) is 6. The molecule has 4 rings (SSSR count). The molecule has 12 heteroatoms. The molecular weight excluding hydrogens is 590 g/mol. The normalized spacial score (nSPS) is 17.4. The number of rotatable bonds is 8. The predicted octanol–water partition coefficient (Wildman–Crippen LogP) is 4.30. The highest BCUT2D eigenvalue weighted by atomic mass is 35.5. The van der Waals surface area contributed by atoms with Crippen LogP contribution in [0.2, 0.25) is 5.02 Å². The number of piperidine rings is 1. The number of sulfonamides is 1. The number of hydrogen-bond donors (Lipinski definition) is 2. The number of likely N-dealkylation sites (tertiary alicyclic amines) is 1. The van der Waals surface area contributed by atoms with Gasteiger partial charge in [0.25, 0.3) is 21.8 Å². The molecule has 1 aliphatic heterocycles. The Bertz CT molecular complexity index is 1610. The lowest BCUT2D eigenvalue weighted by Gasteiger charge is -2.45. The highest BCUT2D eigenvalue weighted by Crippen LogP contribution is 2.42. The maximum atomic E-state index is 13.7. The van der Waals surface area contributed by atoms with Crippen LogP contribution in [0.1, 0.15) is 72.1 Å². The van der Waals surface area contributed by atoms with E-state index in [-0.39, 0.29) is 39.3 Å². The van der Waals surface area contributed by atoms with E-state index in [9.17, 15) is 22.8 Å². The van der Waals surface area contributed by atoms with Crippen molar-refractivity contribution in [1.29, 1.82) is 0 Å². The van der Waals surface area contributed by atoms with Gasteiger partial charge in [0.15, 0.2) is 5.03 Å². The number of benzene rings is 2. The first-order valence-corrected chi connectivity index (χ1v) is 16.0. The molecule has 3 aromatic rings. The molecule has 230 valence electrons. The fourth-order valence-electron chi connectivity index (χ4n) is 5.48. The van der Waals surface area contributed by atoms with E-state index >= 15 is 0 Å². The third-order valence-electron chi connectivity index (χ3n) is 8.01. The molecule has 1 saturated heterocycles. The van der Waals surface area contributed by atoms with Crippen molar-refractivity contribution < 1.29 is 22.8 Å². The van der Waals surface area contributed by atoms with Gasteiger partial charge in [0.1, 0.15) is 11.9 Å². The van der Waals surface area contributed by atoms with E-state index < -0.39 is 27.9 Å². The van der Waals surface area contributed by atoms with Crippen LogP contribution in [0, 0.1) is 18.3 Å². The highest BCUT2D eigenvalue weighted by Gasteiger charge is 2.40. The molecule has 0 bridgehead atoms. The SMILES string of the molecule is Cc1nc(S(=O)(=O)NC(=O)c2cccc(C(=O)N[C@@H](C(=O)N3CC[C@H](c4ccc(Cl)cc4)C(C)(C)C3)C(C)C)c2)cn1C. The van der Waals surface area contributed by atoms with Gasteiger partial charge in [-0.1, -0.05) is 57.5 Å². The highest BCUT2D eigenvalue weighted by molar-refractivity contribution is 7.90. The zero-order valence-electron chi connectivity index (χ0n) is 25.2. The standard InChI is InChI=1S/C31H38ClN5O5S/c1-19(2)27(30(40)37-15-14-25(31(4,5)18-37)21-10-12-24(32)13-11-21)34-28(38)22-8-7-9-23(16-22)29(39)35-43(41,42)26-17-36(6)20(3)33-26/h7-13,16-17,19,25,27H,14-15,18H2,1-6H3,(H,34,38)(H,35,39)/t25-,27-/m1/s1. The Balaban J connectivity index is 1.45. The summed E-state index contributed by atoms with van der Waals surface area (Å²) in [4.78, 5) is 45.6. The van der Waals surface area contributed by atoms with E-state index in [1.165, 1.54) is 40.6 Å². The number of imidazole rings is 1. The summed E-state index contributed by atoms with van der Waals surface area (Å²) in [6.07, 6.45) is 2.08. The van der Waals surface area contributed by atoms with Crippen LogP contribution in [0.3, 0.4) is 0 Å². The molecule has 1 aromatic heterocycles. The molecule has 43 heavy (non-hydrogen) atoms. The third-order valence-corrected chi connectivity index (χ3v) is 9.46. The van der Waals surface area contributed by atoms with Crippen LogP contribution in [-0.2, 0) is 21.9 Å². The largest absolute Gasteiger partial charge is 0.340 e. The fraction of sp³-hybridized carbons (Fsp3) is 0.419. The Kier molecular flexibility index (Phi) is 9.36. The number of amides is 3. The van der Waals surface area contributed by atoms with Crippen LogP contribution in [0.15, 0.2) is 59.8 Å². The molecule has 1 fully saturated rings. The molecule has 0 saturated carbocycles. The number of carbonyl (C=O) groups excluding carboxylic acids is 3. The van der Waals surface area contributed by atoms with Gasteiger partial charge >= 0.3 is 0 Å². The van der Waals surface area contributed by atoms with E-state index in [0.29, 0.717) is 23.9 Å². The van der Waals surface area contributed by atoms with E-state index in [2.05, 4.69) is 24.1 Å². The van der Waals surface area contributed by atoms with Crippen LogP contribution in [-0.4, -0.2) is 59.7 Å². The minimum Gasteiger partial charge on any atom is -0.340 e. The molecule has 2 N–H and O–H groups in total. The van der Waals surface area contributed by atoms with Crippen LogP contribution < -0.4 is 10.0 Å². The first kappa shape index (κ1) is 32.2. The average molecular weight is 628 g/mol. The van der Waals surface area contributed by atoms with Crippen LogP contribution in [0.25, 0.3) is 0 Å². The fourth-order valence-corrected chi connectivity index (χ4v) is 6.63. The Hall–Kier alpha value is -3.70. The quantitative estimate of drug-likeness (QED) is 0.383. The molecule has 0 radical (unpaired) electrons. The third kappa shape index (κ3) is 7.27. The summed E-state index contributed by atoms with van der Waals surface area (Å²) < 4.78 is 28.9. The number of nitrogens with zero attached hydrogens (tertiary/aromatic N) is 3. The summed E-state index contributed by atoms with van der Waals surface area (Å²) in [5.41, 5.74) is 1.08. The summed E-state index contributed by atoms with van der Waals surface area (Å²) in [6.45, 7) is 10.7. The second kappa shape index (κ2) is 12.5. The van der Waals surface area contributed by atoms with Crippen molar-refractivity contribution in [2.45, 2.75) is 58.0 Å². The van der Waals surface area contributed by atoms with Crippen molar-refractivity contribution in [3.05, 3.63) is 82.3 Å². The molecule has 2 aromatic carbocycles. The first-order chi connectivity index (χ1) is 20.1.